The molecule has 2 aromatic carbocycles. The zero-order valence-corrected chi connectivity index (χ0v) is 16.4. The van der Waals surface area contributed by atoms with E-state index in [1.54, 1.807) is 16.9 Å². The van der Waals surface area contributed by atoms with Gasteiger partial charge in [-0.2, -0.15) is 5.10 Å². The van der Waals surface area contributed by atoms with Gasteiger partial charge < -0.3 is 5.32 Å². The molecule has 0 saturated carbocycles. The van der Waals surface area contributed by atoms with E-state index in [4.69, 9.17) is 23.2 Å². The highest BCUT2D eigenvalue weighted by Crippen LogP contribution is 2.33. The fourth-order valence-electron chi connectivity index (χ4n) is 2.37. The summed E-state index contributed by atoms with van der Waals surface area (Å²) in [4.78, 5) is 12.2. The Balaban J connectivity index is 1.52. The van der Waals surface area contributed by atoms with Crippen LogP contribution in [0.15, 0.2) is 54.9 Å². The topological polar surface area (TPSA) is 46.9 Å². The summed E-state index contributed by atoms with van der Waals surface area (Å²) in [6.07, 6.45) is 3.64. The van der Waals surface area contributed by atoms with Crippen LogP contribution in [0.1, 0.15) is 11.1 Å². The molecule has 0 aliphatic heterocycles. The molecule has 4 nitrogen and oxygen atoms in total. The number of anilines is 1. The van der Waals surface area contributed by atoms with Crippen molar-refractivity contribution < 1.29 is 4.79 Å². The molecule has 1 amide bonds. The van der Waals surface area contributed by atoms with Crippen LogP contribution in [0.5, 0.6) is 0 Å². The fourth-order valence-corrected chi connectivity index (χ4v) is 3.63. The Bertz CT molecular complexity index is 896. The first-order valence-corrected chi connectivity index (χ1v) is 9.87. The van der Waals surface area contributed by atoms with E-state index in [1.807, 2.05) is 49.5 Å². The summed E-state index contributed by atoms with van der Waals surface area (Å²) in [6.45, 7) is 1.87. The van der Waals surface area contributed by atoms with E-state index in [-0.39, 0.29) is 5.91 Å². The van der Waals surface area contributed by atoms with Gasteiger partial charge in [-0.25, -0.2) is 4.68 Å². The molecular formula is C19H17Cl2N3OS. The molecule has 0 bridgehead atoms. The van der Waals surface area contributed by atoms with Crippen molar-refractivity contribution in [1.82, 2.24) is 9.78 Å². The van der Waals surface area contributed by atoms with Crippen LogP contribution in [0, 0.1) is 6.92 Å². The molecule has 0 fully saturated rings. The first kappa shape index (κ1) is 18.8. The maximum atomic E-state index is 12.2. The molecule has 0 unspecified atom stereocenters. The van der Waals surface area contributed by atoms with Gasteiger partial charge in [0.15, 0.2) is 0 Å². The van der Waals surface area contributed by atoms with Crippen LogP contribution in [0.25, 0.3) is 5.69 Å². The van der Waals surface area contributed by atoms with Crippen molar-refractivity contribution >= 4 is 46.6 Å². The van der Waals surface area contributed by atoms with Crippen LogP contribution in [0.3, 0.4) is 0 Å². The number of aryl methyl sites for hydroxylation is 1. The first-order valence-electron chi connectivity index (χ1n) is 7.96. The second-order valence-electron chi connectivity index (χ2n) is 5.71. The van der Waals surface area contributed by atoms with E-state index in [0.29, 0.717) is 21.5 Å². The Kier molecular flexibility index (Phi) is 6.25. The van der Waals surface area contributed by atoms with E-state index < -0.39 is 0 Å². The number of nitrogens with zero attached hydrogens (tertiary/aromatic N) is 2. The standard InChI is InChI=1S/C19H17Cl2N3OS/c1-13-3-8-16(20)19(18(13)21)23-17(25)12-26-11-14-4-6-15(7-5-14)24-10-2-9-22-24/h2-10H,11-12H2,1H3,(H,23,25). The number of thioether (sulfide) groups is 1. The third-order valence-electron chi connectivity index (χ3n) is 3.76. The van der Waals surface area contributed by atoms with Crippen molar-refractivity contribution in [3.63, 3.8) is 0 Å². The van der Waals surface area contributed by atoms with Gasteiger partial charge >= 0.3 is 0 Å². The lowest BCUT2D eigenvalue weighted by molar-refractivity contribution is -0.113. The zero-order valence-electron chi connectivity index (χ0n) is 14.1. The van der Waals surface area contributed by atoms with Gasteiger partial charge in [-0.05, 0) is 42.3 Å². The van der Waals surface area contributed by atoms with Crippen molar-refractivity contribution in [2.24, 2.45) is 0 Å². The van der Waals surface area contributed by atoms with E-state index in [1.165, 1.54) is 11.8 Å². The predicted molar refractivity (Wildman–Crippen MR) is 110 cm³/mol. The molecule has 0 radical (unpaired) electrons. The molecule has 0 spiro atoms. The number of benzene rings is 2. The van der Waals surface area contributed by atoms with Gasteiger partial charge in [0, 0.05) is 18.1 Å². The molecule has 0 atom stereocenters. The van der Waals surface area contributed by atoms with Crippen molar-refractivity contribution in [3.05, 3.63) is 76.0 Å². The number of amides is 1. The summed E-state index contributed by atoms with van der Waals surface area (Å²) in [5.41, 5.74) is 3.49. The number of carbonyl (C=O) groups is 1. The SMILES string of the molecule is Cc1ccc(Cl)c(NC(=O)CSCc2ccc(-n3cccn3)cc2)c1Cl. The van der Waals surface area contributed by atoms with Crippen LogP contribution in [-0.4, -0.2) is 21.4 Å². The summed E-state index contributed by atoms with van der Waals surface area (Å²) < 4.78 is 1.81. The maximum Gasteiger partial charge on any atom is 0.234 e. The lowest BCUT2D eigenvalue weighted by atomic mass is 10.2. The minimum Gasteiger partial charge on any atom is -0.323 e. The summed E-state index contributed by atoms with van der Waals surface area (Å²) >= 11 is 13.9. The Hall–Kier alpha value is -1.95. The average Bonchev–Trinajstić information content (AvgIpc) is 3.17. The second-order valence-corrected chi connectivity index (χ2v) is 7.48. The van der Waals surface area contributed by atoms with E-state index >= 15 is 0 Å². The molecule has 0 saturated heterocycles. The highest BCUT2D eigenvalue weighted by Gasteiger charge is 2.12. The molecule has 7 heteroatoms. The molecule has 0 aliphatic rings. The van der Waals surface area contributed by atoms with Crippen molar-refractivity contribution in [3.8, 4) is 5.69 Å². The van der Waals surface area contributed by atoms with Gasteiger partial charge in [-0.15, -0.1) is 11.8 Å². The van der Waals surface area contributed by atoms with Gasteiger partial charge in [0.25, 0.3) is 0 Å². The Morgan fingerprint density at radius 3 is 2.65 bits per heavy atom. The quantitative estimate of drug-likeness (QED) is 0.600. The van der Waals surface area contributed by atoms with Gasteiger partial charge in [0.1, 0.15) is 0 Å². The average molecular weight is 406 g/mol. The van der Waals surface area contributed by atoms with E-state index in [9.17, 15) is 4.79 Å². The summed E-state index contributed by atoms with van der Waals surface area (Å²) in [5.74, 6) is 0.932. The van der Waals surface area contributed by atoms with Crippen molar-refractivity contribution in [2.75, 3.05) is 11.1 Å². The molecule has 1 aromatic heterocycles. The molecule has 26 heavy (non-hydrogen) atoms. The van der Waals surface area contributed by atoms with Gasteiger partial charge in [-0.3, -0.25) is 4.79 Å². The molecule has 1 N–H and O–H groups in total. The number of aromatic nitrogens is 2. The minimum atomic E-state index is -0.127. The summed E-state index contributed by atoms with van der Waals surface area (Å²) in [5, 5.41) is 7.91. The number of hydrogen-bond donors (Lipinski definition) is 1. The second kappa shape index (κ2) is 8.62. The van der Waals surface area contributed by atoms with E-state index in [2.05, 4.69) is 10.4 Å². The third-order valence-corrected chi connectivity index (χ3v) is 5.56. The molecule has 134 valence electrons. The van der Waals surface area contributed by atoms with E-state index in [0.717, 1.165) is 22.6 Å². The monoisotopic (exact) mass is 405 g/mol. The smallest absolute Gasteiger partial charge is 0.234 e. The maximum absolute atomic E-state index is 12.2. The van der Waals surface area contributed by atoms with Crippen LogP contribution in [0.4, 0.5) is 5.69 Å². The molecule has 0 aliphatic carbocycles. The molecule has 3 aromatic rings. The highest BCUT2D eigenvalue weighted by molar-refractivity contribution is 7.99. The highest BCUT2D eigenvalue weighted by atomic mass is 35.5. The van der Waals surface area contributed by atoms with Gasteiger partial charge in [0.05, 0.1) is 27.2 Å². The predicted octanol–water partition coefficient (Wildman–Crippen LogP) is 5.36. The number of nitrogens with one attached hydrogen (secondary N) is 1. The Morgan fingerprint density at radius 1 is 1.19 bits per heavy atom. The lowest BCUT2D eigenvalue weighted by Gasteiger charge is -2.11. The fraction of sp³-hybridized carbons (Fsp3) is 0.158. The van der Waals surface area contributed by atoms with Crippen molar-refractivity contribution in [2.45, 2.75) is 12.7 Å². The number of rotatable bonds is 6. The van der Waals surface area contributed by atoms with Crippen LogP contribution >= 0.6 is 35.0 Å². The number of carbonyl (C=O) groups excluding carboxylic acids is 1. The molecular weight excluding hydrogens is 389 g/mol. The van der Waals surface area contributed by atoms with Gasteiger partial charge in [-0.1, -0.05) is 41.4 Å². The van der Waals surface area contributed by atoms with Crippen LogP contribution < -0.4 is 5.32 Å². The Morgan fingerprint density at radius 2 is 1.96 bits per heavy atom. The summed E-state index contributed by atoms with van der Waals surface area (Å²) in [7, 11) is 0. The molecule has 3 rings (SSSR count). The normalized spacial score (nSPS) is 10.7. The number of halogens is 2. The lowest BCUT2D eigenvalue weighted by Crippen LogP contribution is -2.15. The van der Waals surface area contributed by atoms with Gasteiger partial charge in [0.2, 0.25) is 5.91 Å². The largest absolute Gasteiger partial charge is 0.323 e. The molecule has 1 heterocycles. The number of hydrogen-bond acceptors (Lipinski definition) is 3. The Labute approximate surface area is 166 Å². The first-order chi connectivity index (χ1) is 12.5. The zero-order chi connectivity index (χ0) is 18.5. The van der Waals surface area contributed by atoms with Crippen LogP contribution in [0.2, 0.25) is 10.0 Å². The third kappa shape index (κ3) is 4.61. The summed E-state index contributed by atoms with van der Waals surface area (Å²) in [6, 6.07) is 13.5. The van der Waals surface area contributed by atoms with Crippen LogP contribution in [-0.2, 0) is 10.5 Å². The van der Waals surface area contributed by atoms with Crippen molar-refractivity contribution in [1.29, 1.82) is 0 Å². The minimum absolute atomic E-state index is 0.127.